The molecule has 2 saturated heterocycles. The molecular formula is C19H28Cl2N2O3. The first-order valence-corrected chi connectivity index (χ1v) is 9.42. The van der Waals surface area contributed by atoms with Gasteiger partial charge in [0.25, 0.3) is 5.91 Å². The van der Waals surface area contributed by atoms with Gasteiger partial charge in [0.2, 0.25) is 0 Å². The van der Waals surface area contributed by atoms with Gasteiger partial charge in [0.05, 0.1) is 6.10 Å². The molecule has 1 aromatic rings. The Bertz CT molecular complexity index is 583. The first-order chi connectivity index (χ1) is 12.1. The molecule has 2 aliphatic rings. The second-order valence-corrected chi connectivity index (χ2v) is 7.51. The standard InChI is InChI=1S/C19H27ClN2O3.ClH/c1-25-19(8-10-21-11-9-19)18(24)22-12-6-15(7-13-22)17(23)14-2-4-16(20)5-3-14;/h2-5,15,17,21,23H,6-13H2,1H3;1H. The number of aliphatic hydroxyl groups is 1. The molecule has 0 aromatic heterocycles. The van der Waals surface area contributed by atoms with E-state index in [9.17, 15) is 9.90 Å². The van der Waals surface area contributed by atoms with Crippen LogP contribution in [0.4, 0.5) is 0 Å². The van der Waals surface area contributed by atoms with Gasteiger partial charge in [-0.3, -0.25) is 4.79 Å². The van der Waals surface area contributed by atoms with Crippen molar-refractivity contribution >= 4 is 29.9 Å². The second kappa shape index (κ2) is 9.38. The number of hydrogen-bond acceptors (Lipinski definition) is 4. The van der Waals surface area contributed by atoms with Crippen LogP contribution in [0.5, 0.6) is 0 Å². The van der Waals surface area contributed by atoms with Gasteiger partial charge >= 0.3 is 0 Å². The maximum atomic E-state index is 13.0. The molecular weight excluding hydrogens is 375 g/mol. The molecule has 2 fully saturated rings. The Balaban J connectivity index is 0.00000243. The van der Waals surface area contributed by atoms with E-state index < -0.39 is 11.7 Å². The Hall–Kier alpha value is -0.850. The van der Waals surface area contributed by atoms with Crippen LogP contribution in [0.25, 0.3) is 0 Å². The van der Waals surface area contributed by atoms with Gasteiger partial charge in [-0.25, -0.2) is 0 Å². The summed E-state index contributed by atoms with van der Waals surface area (Å²) in [6.45, 7) is 2.97. The molecule has 0 bridgehead atoms. The largest absolute Gasteiger partial charge is 0.388 e. The molecule has 2 N–H and O–H groups in total. The monoisotopic (exact) mass is 402 g/mol. The highest BCUT2D eigenvalue weighted by Gasteiger charge is 2.43. The first kappa shape index (κ1) is 21.5. The lowest BCUT2D eigenvalue weighted by molar-refractivity contribution is -0.160. The summed E-state index contributed by atoms with van der Waals surface area (Å²) in [5, 5.41) is 14.6. The van der Waals surface area contributed by atoms with E-state index in [4.69, 9.17) is 16.3 Å². The quantitative estimate of drug-likeness (QED) is 0.812. The smallest absolute Gasteiger partial charge is 0.254 e. The molecule has 1 atom stereocenters. The van der Waals surface area contributed by atoms with E-state index in [0.29, 0.717) is 18.1 Å². The van der Waals surface area contributed by atoms with Crippen molar-refractivity contribution in [2.75, 3.05) is 33.3 Å². The highest BCUT2D eigenvalue weighted by Crippen LogP contribution is 2.33. The highest BCUT2D eigenvalue weighted by atomic mass is 35.5. The average Bonchev–Trinajstić information content (AvgIpc) is 2.68. The third kappa shape index (κ3) is 4.52. The Morgan fingerprint density at radius 2 is 1.85 bits per heavy atom. The normalized spacial score (nSPS) is 21.7. The molecule has 0 spiro atoms. The summed E-state index contributed by atoms with van der Waals surface area (Å²) in [6.07, 6.45) is 2.52. The molecule has 0 saturated carbocycles. The summed E-state index contributed by atoms with van der Waals surface area (Å²) in [4.78, 5) is 14.9. The van der Waals surface area contributed by atoms with Gasteiger partial charge in [0, 0.05) is 25.2 Å². The Morgan fingerprint density at radius 3 is 2.38 bits per heavy atom. The van der Waals surface area contributed by atoms with Crippen molar-refractivity contribution in [1.82, 2.24) is 10.2 Å². The Labute approximate surface area is 166 Å². The minimum atomic E-state index is -0.674. The predicted molar refractivity (Wildman–Crippen MR) is 105 cm³/mol. The maximum Gasteiger partial charge on any atom is 0.254 e. The van der Waals surface area contributed by atoms with Crippen LogP contribution in [0.3, 0.4) is 0 Å². The molecule has 1 amide bonds. The lowest BCUT2D eigenvalue weighted by Crippen LogP contribution is -2.56. The van der Waals surface area contributed by atoms with E-state index >= 15 is 0 Å². The summed E-state index contributed by atoms with van der Waals surface area (Å²) in [7, 11) is 1.64. The molecule has 1 unspecified atom stereocenters. The Morgan fingerprint density at radius 1 is 1.27 bits per heavy atom. The number of likely N-dealkylation sites (tertiary alicyclic amines) is 1. The minimum Gasteiger partial charge on any atom is -0.388 e. The van der Waals surface area contributed by atoms with Crippen LogP contribution in [-0.4, -0.2) is 54.8 Å². The van der Waals surface area contributed by atoms with Crippen LogP contribution < -0.4 is 5.32 Å². The van der Waals surface area contributed by atoms with Crippen LogP contribution in [0.1, 0.15) is 37.4 Å². The van der Waals surface area contributed by atoms with Crippen molar-refractivity contribution in [3.8, 4) is 0 Å². The number of nitrogens with one attached hydrogen (secondary N) is 1. The number of halogens is 2. The minimum absolute atomic E-state index is 0. The summed E-state index contributed by atoms with van der Waals surface area (Å²) in [5.41, 5.74) is 0.216. The topological polar surface area (TPSA) is 61.8 Å². The van der Waals surface area contributed by atoms with Crippen molar-refractivity contribution in [2.24, 2.45) is 5.92 Å². The molecule has 26 heavy (non-hydrogen) atoms. The summed E-state index contributed by atoms with van der Waals surface area (Å²) in [6, 6.07) is 7.36. The van der Waals surface area contributed by atoms with Crippen LogP contribution >= 0.6 is 24.0 Å². The third-order valence-corrected chi connectivity index (χ3v) is 5.93. The molecule has 146 valence electrons. The van der Waals surface area contributed by atoms with Gasteiger partial charge in [-0.1, -0.05) is 23.7 Å². The van der Waals surface area contributed by atoms with Crippen LogP contribution in [0.15, 0.2) is 24.3 Å². The van der Waals surface area contributed by atoms with Crippen LogP contribution in [0.2, 0.25) is 5.02 Å². The zero-order valence-corrected chi connectivity index (χ0v) is 16.7. The number of aliphatic hydroxyl groups excluding tert-OH is 1. The maximum absolute atomic E-state index is 13.0. The number of benzene rings is 1. The van der Waals surface area contributed by atoms with Crippen LogP contribution in [0, 0.1) is 5.92 Å². The van der Waals surface area contributed by atoms with Crippen molar-refractivity contribution in [2.45, 2.75) is 37.4 Å². The second-order valence-electron chi connectivity index (χ2n) is 7.07. The zero-order valence-electron chi connectivity index (χ0n) is 15.1. The van der Waals surface area contributed by atoms with Crippen LogP contribution in [-0.2, 0) is 9.53 Å². The fourth-order valence-electron chi connectivity index (χ4n) is 3.97. The lowest BCUT2D eigenvalue weighted by Gasteiger charge is -2.42. The van der Waals surface area contributed by atoms with E-state index in [0.717, 1.165) is 44.3 Å². The fraction of sp³-hybridized carbons (Fsp3) is 0.632. The number of carbonyl (C=O) groups excluding carboxylic acids is 1. The molecule has 0 radical (unpaired) electrons. The fourth-order valence-corrected chi connectivity index (χ4v) is 4.10. The predicted octanol–water partition coefficient (Wildman–Crippen LogP) is 2.80. The van der Waals surface area contributed by atoms with E-state index in [1.54, 1.807) is 19.2 Å². The van der Waals surface area contributed by atoms with Gasteiger partial charge in [-0.15, -0.1) is 12.4 Å². The van der Waals surface area contributed by atoms with Crippen molar-refractivity contribution in [1.29, 1.82) is 0 Å². The number of nitrogens with zero attached hydrogens (tertiary/aromatic N) is 1. The summed E-state index contributed by atoms with van der Waals surface area (Å²) < 4.78 is 5.66. The molecule has 2 heterocycles. The molecule has 7 heteroatoms. The van der Waals surface area contributed by atoms with Gasteiger partial charge < -0.3 is 20.1 Å². The van der Waals surface area contributed by atoms with Gasteiger partial charge in [0.15, 0.2) is 0 Å². The number of hydrogen-bond donors (Lipinski definition) is 2. The van der Waals surface area contributed by atoms with Gasteiger partial charge in [0.1, 0.15) is 5.60 Å². The van der Waals surface area contributed by atoms with E-state index in [-0.39, 0.29) is 24.2 Å². The number of amides is 1. The van der Waals surface area contributed by atoms with Crippen molar-refractivity contribution in [3.63, 3.8) is 0 Å². The van der Waals surface area contributed by atoms with E-state index in [1.165, 1.54) is 0 Å². The zero-order chi connectivity index (χ0) is 17.9. The number of rotatable bonds is 4. The van der Waals surface area contributed by atoms with Gasteiger partial charge in [-0.2, -0.15) is 0 Å². The SMILES string of the molecule is COC1(C(=O)N2CCC(C(O)c3ccc(Cl)cc3)CC2)CCNCC1.Cl. The number of carbonyl (C=O) groups is 1. The Kier molecular flexibility index (Phi) is 7.74. The number of piperidine rings is 2. The molecule has 2 aliphatic heterocycles. The first-order valence-electron chi connectivity index (χ1n) is 9.04. The summed E-state index contributed by atoms with van der Waals surface area (Å²) >= 11 is 5.91. The highest BCUT2D eigenvalue weighted by molar-refractivity contribution is 6.30. The van der Waals surface area contributed by atoms with E-state index in [1.807, 2.05) is 17.0 Å². The lowest BCUT2D eigenvalue weighted by atomic mass is 9.85. The number of ether oxygens (including phenoxy) is 1. The van der Waals surface area contributed by atoms with E-state index in [2.05, 4.69) is 5.32 Å². The summed E-state index contributed by atoms with van der Waals surface area (Å²) in [5.74, 6) is 0.271. The molecule has 0 aliphatic carbocycles. The molecule has 3 rings (SSSR count). The third-order valence-electron chi connectivity index (χ3n) is 5.68. The van der Waals surface area contributed by atoms with Crippen molar-refractivity contribution in [3.05, 3.63) is 34.9 Å². The number of methoxy groups -OCH3 is 1. The average molecular weight is 403 g/mol. The molecule has 5 nitrogen and oxygen atoms in total. The van der Waals surface area contributed by atoms with Gasteiger partial charge in [-0.05, 0) is 62.4 Å². The molecule has 1 aromatic carbocycles. The van der Waals surface area contributed by atoms with Crippen molar-refractivity contribution < 1.29 is 14.6 Å².